The average molecular weight is 540 g/mol. The van der Waals surface area contributed by atoms with Crippen LogP contribution in [0.15, 0.2) is 0 Å². The van der Waals surface area contributed by atoms with E-state index in [9.17, 15) is 19.2 Å². The molecule has 4 atom stereocenters. The maximum absolute atomic E-state index is 12.1. The third-order valence-corrected chi connectivity index (χ3v) is 7.43. The van der Waals surface area contributed by atoms with Crippen LogP contribution in [0.5, 0.6) is 0 Å². The van der Waals surface area contributed by atoms with Crippen molar-refractivity contribution in [3.05, 3.63) is 0 Å². The zero-order valence-corrected chi connectivity index (χ0v) is 25.9. The van der Waals surface area contributed by atoms with Crippen molar-refractivity contribution < 1.29 is 28.8 Å². The first-order chi connectivity index (χ1) is 17.8. The number of carbonyl (C=O) groups excluding carboxylic acids is 4. The molecule has 0 bridgehead atoms. The Morgan fingerprint density at radius 2 is 1.16 bits per heavy atom. The molecule has 7 nitrogen and oxygen atoms in total. The van der Waals surface area contributed by atoms with E-state index in [0.29, 0.717) is 19.6 Å². The van der Waals surface area contributed by atoms with E-state index in [4.69, 9.17) is 9.57 Å². The molecule has 0 saturated heterocycles. The lowest BCUT2D eigenvalue weighted by atomic mass is 9.78. The highest BCUT2D eigenvalue weighted by molar-refractivity contribution is 5.82. The van der Waals surface area contributed by atoms with Crippen molar-refractivity contribution in [1.29, 1.82) is 0 Å². The fourth-order valence-corrected chi connectivity index (χ4v) is 4.85. The van der Waals surface area contributed by atoms with Gasteiger partial charge >= 0.3 is 5.97 Å². The SMILES string of the molecule is CC.CC(=O)C1CCCC(C(=O)OCCCN(C)OCCC(C)(C)C)C1.CC(=O)C1CCCC(C(C)=O)C1. The van der Waals surface area contributed by atoms with Crippen LogP contribution in [-0.4, -0.2) is 55.2 Å². The summed E-state index contributed by atoms with van der Waals surface area (Å²) < 4.78 is 5.39. The zero-order valence-electron chi connectivity index (χ0n) is 25.9. The molecule has 38 heavy (non-hydrogen) atoms. The van der Waals surface area contributed by atoms with Gasteiger partial charge < -0.3 is 4.74 Å². The minimum atomic E-state index is -0.141. The van der Waals surface area contributed by atoms with Crippen molar-refractivity contribution in [3.8, 4) is 0 Å². The molecule has 0 heterocycles. The Kier molecular flexibility index (Phi) is 18.6. The van der Waals surface area contributed by atoms with E-state index >= 15 is 0 Å². The minimum absolute atomic E-state index is 0.0404. The van der Waals surface area contributed by atoms with Gasteiger partial charge in [0.1, 0.15) is 17.3 Å². The molecule has 4 unspecified atom stereocenters. The summed E-state index contributed by atoms with van der Waals surface area (Å²) in [6.07, 6.45) is 8.91. The monoisotopic (exact) mass is 539 g/mol. The van der Waals surface area contributed by atoms with Gasteiger partial charge in [-0.05, 0) is 77.6 Å². The molecular formula is C31H57NO6. The average Bonchev–Trinajstić information content (AvgIpc) is 2.87. The number of ether oxygens (including phenoxy) is 1. The molecule has 2 fully saturated rings. The number of esters is 1. The van der Waals surface area contributed by atoms with Crippen LogP contribution in [0.1, 0.15) is 120 Å². The second-order valence-corrected chi connectivity index (χ2v) is 12.0. The molecule has 222 valence electrons. The van der Waals surface area contributed by atoms with Crippen LogP contribution in [0.4, 0.5) is 0 Å². The normalized spacial score (nSPS) is 23.3. The molecule has 0 aromatic heterocycles. The predicted octanol–water partition coefficient (Wildman–Crippen LogP) is 6.61. The Labute approximate surface area is 232 Å². The van der Waals surface area contributed by atoms with Gasteiger partial charge in [0.25, 0.3) is 0 Å². The van der Waals surface area contributed by atoms with E-state index in [0.717, 1.165) is 64.3 Å². The summed E-state index contributed by atoms with van der Waals surface area (Å²) in [5.41, 5.74) is 0.272. The van der Waals surface area contributed by atoms with Crippen molar-refractivity contribution >= 4 is 23.3 Å². The summed E-state index contributed by atoms with van der Waals surface area (Å²) in [6, 6.07) is 0. The largest absolute Gasteiger partial charge is 0.465 e. The standard InChI is InChI=1S/C19H35NO4.C10H16O2.C2H6/c1-15(21)16-8-6-9-17(14-16)18(22)23-12-7-11-20(5)24-13-10-19(2,3)4;1-7(11)9-4-3-5-10(6-9)8(2)12;1-2/h16-17H,6-14H2,1-5H3;9-10H,3-6H2,1-2H3;1-2H3. The Hall–Kier alpha value is -1.60. The summed E-state index contributed by atoms with van der Waals surface area (Å²) in [5, 5.41) is 1.81. The first-order valence-electron chi connectivity index (χ1n) is 14.8. The maximum Gasteiger partial charge on any atom is 0.308 e. The van der Waals surface area contributed by atoms with Gasteiger partial charge in [0.2, 0.25) is 0 Å². The smallest absolute Gasteiger partial charge is 0.308 e. The number of carbonyl (C=O) groups is 4. The minimum Gasteiger partial charge on any atom is -0.465 e. The van der Waals surface area contributed by atoms with Crippen LogP contribution in [0.3, 0.4) is 0 Å². The second-order valence-electron chi connectivity index (χ2n) is 12.0. The number of Topliss-reactive ketones (excluding diaryl/α,β-unsaturated/α-hetero) is 3. The van der Waals surface area contributed by atoms with Gasteiger partial charge in [-0.1, -0.05) is 47.5 Å². The molecule has 0 N–H and O–H groups in total. The predicted molar refractivity (Wildman–Crippen MR) is 153 cm³/mol. The number of rotatable bonds is 11. The number of hydroxylamine groups is 2. The number of hydrogen-bond donors (Lipinski definition) is 0. The molecule has 2 saturated carbocycles. The van der Waals surface area contributed by atoms with Crippen LogP contribution in [0.25, 0.3) is 0 Å². The lowest BCUT2D eigenvalue weighted by Crippen LogP contribution is -2.28. The molecule has 0 spiro atoms. The van der Waals surface area contributed by atoms with Crippen LogP contribution in [0, 0.1) is 29.1 Å². The van der Waals surface area contributed by atoms with Crippen molar-refractivity contribution in [2.24, 2.45) is 29.1 Å². The van der Waals surface area contributed by atoms with E-state index in [1.807, 2.05) is 26.0 Å². The molecular weight excluding hydrogens is 482 g/mol. The van der Waals surface area contributed by atoms with E-state index in [2.05, 4.69) is 20.8 Å². The molecule has 7 heteroatoms. The van der Waals surface area contributed by atoms with E-state index in [1.54, 1.807) is 20.8 Å². The summed E-state index contributed by atoms with van der Waals surface area (Å²) in [7, 11) is 1.91. The van der Waals surface area contributed by atoms with Crippen LogP contribution in [0.2, 0.25) is 0 Å². The van der Waals surface area contributed by atoms with Crippen molar-refractivity contribution in [1.82, 2.24) is 5.06 Å². The lowest BCUT2D eigenvalue weighted by Gasteiger charge is -2.26. The molecule has 2 aliphatic carbocycles. The molecule has 0 aliphatic heterocycles. The third kappa shape index (κ3) is 16.4. The highest BCUT2D eigenvalue weighted by Gasteiger charge is 2.30. The second kappa shape index (κ2) is 19.5. The van der Waals surface area contributed by atoms with Crippen molar-refractivity contribution in [2.75, 3.05) is 26.8 Å². The summed E-state index contributed by atoms with van der Waals surface area (Å²) in [5.74, 6) is 0.813. The number of hydrogen-bond acceptors (Lipinski definition) is 7. The third-order valence-electron chi connectivity index (χ3n) is 7.43. The maximum atomic E-state index is 12.1. The molecule has 2 aliphatic rings. The zero-order chi connectivity index (χ0) is 29.3. The number of ketones is 3. The first-order valence-corrected chi connectivity index (χ1v) is 14.8. The van der Waals surface area contributed by atoms with Crippen LogP contribution >= 0.6 is 0 Å². The molecule has 2 rings (SSSR count). The fourth-order valence-electron chi connectivity index (χ4n) is 4.85. The first kappa shape index (κ1) is 36.4. The van der Waals surface area contributed by atoms with Gasteiger partial charge in [-0.2, -0.15) is 5.06 Å². The fraction of sp³-hybridized carbons (Fsp3) is 0.871. The Balaban J connectivity index is 0.000000815. The quantitative estimate of drug-likeness (QED) is 0.166. The molecule has 0 radical (unpaired) electrons. The van der Waals surface area contributed by atoms with E-state index < -0.39 is 0 Å². The van der Waals surface area contributed by atoms with Crippen LogP contribution < -0.4 is 0 Å². The van der Waals surface area contributed by atoms with Gasteiger partial charge in [-0.15, -0.1) is 0 Å². The van der Waals surface area contributed by atoms with Gasteiger partial charge in [0, 0.05) is 31.3 Å². The van der Waals surface area contributed by atoms with Gasteiger partial charge in [-0.3, -0.25) is 24.0 Å². The Morgan fingerprint density at radius 1 is 0.737 bits per heavy atom. The summed E-state index contributed by atoms with van der Waals surface area (Å²) >= 11 is 0. The molecule has 0 amide bonds. The summed E-state index contributed by atoms with van der Waals surface area (Å²) in [4.78, 5) is 51.3. The van der Waals surface area contributed by atoms with Gasteiger partial charge in [0.15, 0.2) is 0 Å². The number of nitrogens with zero attached hydrogens (tertiary/aromatic N) is 1. The highest BCUT2D eigenvalue weighted by Crippen LogP contribution is 2.31. The van der Waals surface area contributed by atoms with Gasteiger partial charge in [0.05, 0.1) is 19.1 Å². The van der Waals surface area contributed by atoms with Crippen molar-refractivity contribution in [3.63, 3.8) is 0 Å². The Morgan fingerprint density at radius 3 is 1.58 bits per heavy atom. The van der Waals surface area contributed by atoms with Gasteiger partial charge in [-0.25, -0.2) is 0 Å². The Bertz CT molecular complexity index is 694. The van der Waals surface area contributed by atoms with Crippen molar-refractivity contribution in [2.45, 2.75) is 120 Å². The van der Waals surface area contributed by atoms with E-state index in [-0.39, 0.29) is 52.4 Å². The van der Waals surface area contributed by atoms with E-state index in [1.165, 1.54) is 0 Å². The molecule has 0 aromatic rings. The highest BCUT2D eigenvalue weighted by atomic mass is 16.7. The topological polar surface area (TPSA) is 90.0 Å². The van der Waals surface area contributed by atoms with Crippen LogP contribution in [-0.2, 0) is 28.8 Å². The lowest BCUT2D eigenvalue weighted by molar-refractivity contribution is -0.156. The summed E-state index contributed by atoms with van der Waals surface area (Å²) in [6.45, 7) is 17.3. The molecule has 0 aromatic carbocycles.